The van der Waals surface area contributed by atoms with Crippen molar-refractivity contribution in [2.45, 2.75) is 39.3 Å². The van der Waals surface area contributed by atoms with E-state index < -0.39 is 18.1 Å². The van der Waals surface area contributed by atoms with Gasteiger partial charge in [-0.2, -0.15) is 0 Å². The number of carbonyl (C=O) groups excluding carboxylic acids is 2. The molecule has 2 aliphatic rings. The van der Waals surface area contributed by atoms with E-state index in [4.69, 9.17) is 19.0 Å². The fourth-order valence-corrected chi connectivity index (χ4v) is 4.97. The Morgan fingerprint density at radius 2 is 1.50 bits per heavy atom. The zero-order valence-electron chi connectivity index (χ0n) is 21.8. The second-order valence-electron chi connectivity index (χ2n) is 9.08. The molecule has 0 unspecified atom stereocenters. The number of benzene rings is 3. The number of anilines is 2. The lowest BCUT2D eigenvalue weighted by molar-refractivity contribution is -0.126. The fraction of sp³-hybridized carbons (Fsp3) is 0.333. The predicted molar refractivity (Wildman–Crippen MR) is 144 cm³/mol. The molecule has 0 spiro atoms. The summed E-state index contributed by atoms with van der Waals surface area (Å²) in [5.74, 6) is 0.469. The molecule has 5 rings (SSSR count). The Labute approximate surface area is 222 Å². The van der Waals surface area contributed by atoms with E-state index in [1.165, 1.54) is 4.90 Å². The van der Waals surface area contributed by atoms with Gasteiger partial charge in [-0.1, -0.05) is 31.2 Å². The highest BCUT2D eigenvalue weighted by Gasteiger charge is 2.60. The average Bonchev–Trinajstić information content (AvgIpc) is 3.45. The van der Waals surface area contributed by atoms with Crippen molar-refractivity contribution < 1.29 is 28.6 Å². The number of fused-ring (bicyclic) bond motifs is 1. The summed E-state index contributed by atoms with van der Waals surface area (Å²) in [5, 5.41) is 1.68. The van der Waals surface area contributed by atoms with Gasteiger partial charge in [-0.3, -0.25) is 14.4 Å². The standard InChI is InChI=1S/C30H32N2O6/c1-4-18-37-24-17-12-20(19-25(24)36-6-3)27-26-28(38-32(27)22-10-8-7-9-11-22)30(34)31(29(26)33)21-13-15-23(16-14-21)35-5-2/h7-17,19,26-28H,4-6,18H2,1-3H3/t26-,27-,28-/m1/s1. The maximum Gasteiger partial charge on any atom is 0.266 e. The van der Waals surface area contributed by atoms with Crippen LogP contribution in [0.3, 0.4) is 0 Å². The third-order valence-electron chi connectivity index (χ3n) is 6.60. The smallest absolute Gasteiger partial charge is 0.266 e. The first kappa shape index (κ1) is 25.6. The quantitative estimate of drug-likeness (QED) is 0.337. The number of para-hydroxylation sites is 1. The van der Waals surface area contributed by atoms with Crippen LogP contribution in [0.4, 0.5) is 11.4 Å². The number of ether oxygens (including phenoxy) is 3. The van der Waals surface area contributed by atoms with Crippen molar-refractivity contribution >= 4 is 23.2 Å². The highest BCUT2D eigenvalue weighted by atomic mass is 16.7. The molecule has 38 heavy (non-hydrogen) atoms. The Morgan fingerprint density at radius 3 is 2.18 bits per heavy atom. The molecule has 0 aliphatic carbocycles. The van der Waals surface area contributed by atoms with Crippen LogP contribution in [0.5, 0.6) is 17.2 Å². The minimum atomic E-state index is -0.953. The molecule has 0 radical (unpaired) electrons. The lowest BCUT2D eigenvalue weighted by Crippen LogP contribution is -2.37. The molecule has 0 aromatic heterocycles. The second kappa shape index (κ2) is 11.1. The monoisotopic (exact) mass is 516 g/mol. The first-order valence-corrected chi connectivity index (χ1v) is 13.1. The van der Waals surface area contributed by atoms with Gasteiger partial charge >= 0.3 is 0 Å². The molecular formula is C30H32N2O6. The van der Waals surface area contributed by atoms with E-state index in [-0.39, 0.29) is 11.8 Å². The van der Waals surface area contributed by atoms with Gasteiger partial charge < -0.3 is 14.2 Å². The third kappa shape index (κ3) is 4.67. The molecule has 3 aromatic rings. The molecule has 8 nitrogen and oxygen atoms in total. The number of amides is 2. The number of nitrogens with zero attached hydrogens (tertiary/aromatic N) is 2. The number of carbonyl (C=O) groups is 2. The van der Waals surface area contributed by atoms with E-state index in [9.17, 15) is 9.59 Å². The zero-order valence-corrected chi connectivity index (χ0v) is 21.8. The van der Waals surface area contributed by atoms with Crippen LogP contribution in [0.15, 0.2) is 72.8 Å². The Hall–Kier alpha value is -4.04. The van der Waals surface area contributed by atoms with Crippen LogP contribution in [0.2, 0.25) is 0 Å². The lowest BCUT2D eigenvalue weighted by Gasteiger charge is -2.29. The average molecular weight is 517 g/mol. The van der Waals surface area contributed by atoms with E-state index in [2.05, 4.69) is 0 Å². The summed E-state index contributed by atoms with van der Waals surface area (Å²) in [6.07, 6.45) is -0.0846. The van der Waals surface area contributed by atoms with E-state index in [0.29, 0.717) is 42.8 Å². The van der Waals surface area contributed by atoms with Crippen LogP contribution in [0.25, 0.3) is 0 Å². The highest BCUT2D eigenvalue weighted by Crippen LogP contribution is 2.48. The largest absolute Gasteiger partial charge is 0.494 e. The minimum Gasteiger partial charge on any atom is -0.494 e. The van der Waals surface area contributed by atoms with E-state index in [0.717, 1.165) is 17.7 Å². The van der Waals surface area contributed by atoms with Crippen LogP contribution < -0.4 is 24.2 Å². The van der Waals surface area contributed by atoms with Crippen LogP contribution in [-0.2, 0) is 14.4 Å². The van der Waals surface area contributed by atoms with Gasteiger partial charge in [-0.15, -0.1) is 0 Å². The summed E-state index contributed by atoms with van der Waals surface area (Å²) >= 11 is 0. The molecule has 2 fully saturated rings. The van der Waals surface area contributed by atoms with E-state index in [1.54, 1.807) is 29.3 Å². The fourth-order valence-electron chi connectivity index (χ4n) is 4.97. The van der Waals surface area contributed by atoms with Crippen molar-refractivity contribution in [3.63, 3.8) is 0 Å². The minimum absolute atomic E-state index is 0.308. The van der Waals surface area contributed by atoms with Crippen molar-refractivity contribution in [2.24, 2.45) is 5.92 Å². The Morgan fingerprint density at radius 1 is 0.763 bits per heavy atom. The summed E-state index contributed by atoms with van der Waals surface area (Å²) in [6, 6.07) is 21.6. The third-order valence-corrected chi connectivity index (χ3v) is 6.60. The van der Waals surface area contributed by atoms with E-state index in [1.807, 2.05) is 69.3 Å². The van der Waals surface area contributed by atoms with Crippen molar-refractivity contribution in [1.29, 1.82) is 0 Å². The van der Waals surface area contributed by atoms with Gasteiger partial charge in [0.15, 0.2) is 17.6 Å². The lowest BCUT2D eigenvalue weighted by atomic mass is 9.90. The van der Waals surface area contributed by atoms with Crippen LogP contribution >= 0.6 is 0 Å². The van der Waals surface area contributed by atoms with Gasteiger partial charge in [0.25, 0.3) is 5.91 Å². The SMILES string of the molecule is CCCOc1ccc([C@@H]2[C@H]3C(=O)N(c4ccc(OCC)cc4)C(=O)[C@@H]3ON2c2ccccc2)cc1OCC. The number of hydrogen-bond acceptors (Lipinski definition) is 7. The Balaban J connectivity index is 1.54. The number of imide groups is 1. The predicted octanol–water partition coefficient (Wildman–Crippen LogP) is 5.32. The number of hydrogen-bond donors (Lipinski definition) is 0. The molecule has 0 saturated carbocycles. The van der Waals surface area contributed by atoms with Crippen LogP contribution in [0.1, 0.15) is 38.8 Å². The zero-order chi connectivity index (χ0) is 26.6. The topological polar surface area (TPSA) is 77.5 Å². The van der Waals surface area contributed by atoms with Crippen molar-refractivity contribution in [2.75, 3.05) is 29.8 Å². The Kier molecular flexibility index (Phi) is 7.51. The molecule has 2 heterocycles. The van der Waals surface area contributed by atoms with Gasteiger partial charge in [-0.05, 0) is 74.4 Å². The molecule has 2 saturated heterocycles. The highest BCUT2D eigenvalue weighted by molar-refractivity contribution is 6.23. The van der Waals surface area contributed by atoms with Crippen LogP contribution in [0, 0.1) is 5.92 Å². The molecule has 3 atom stereocenters. The van der Waals surface area contributed by atoms with Gasteiger partial charge in [0.2, 0.25) is 5.91 Å². The normalized spacial score (nSPS) is 20.6. The van der Waals surface area contributed by atoms with Gasteiger partial charge in [0.05, 0.1) is 37.2 Å². The summed E-state index contributed by atoms with van der Waals surface area (Å²) in [5.41, 5.74) is 2.04. The van der Waals surface area contributed by atoms with E-state index >= 15 is 0 Å². The molecule has 198 valence electrons. The van der Waals surface area contributed by atoms with Gasteiger partial charge in [0, 0.05) is 0 Å². The summed E-state index contributed by atoms with van der Waals surface area (Å²) in [4.78, 5) is 35.0. The molecule has 0 bridgehead atoms. The first-order chi connectivity index (χ1) is 18.6. The Bertz CT molecular complexity index is 1280. The molecule has 2 aliphatic heterocycles. The number of rotatable bonds is 10. The number of hydroxylamine groups is 1. The van der Waals surface area contributed by atoms with Crippen molar-refractivity contribution in [3.05, 3.63) is 78.4 Å². The molecule has 3 aromatic carbocycles. The van der Waals surface area contributed by atoms with Gasteiger partial charge in [0.1, 0.15) is 11.7 Å². The second-order valence-corrected chi connectivity index (χ2v) is 9.08. The summed E-state index contributed by atoms with van der Waals surface area (Å²) in [6.45, 7) is 7.41. The molecular weight excluding hydrogens is 484 g/mol. The van der Waals surface area contributed by atoms with Crippen LogP contribution in [-0.4, -0.2) is 37.7 Å². The maximum absolute atomic E-state index is 13.9. The molecule has 0 N–H and O–H groups in total. The summed E-state index contributed by atoms with van der Waals surface area (Å²) < 4.78 is 17.3. The van der Waals surface area contributed by atoms with Crippen molar-refractivity contribution in [1.82, 2.24) is 0 Å². The van der Waals surface area contributed by atoms with Crippen molar-refractivity contribution in [3.8, 4) is 17.2 Å². The summed E-state index contributed by atoms with van der Waals surface area (Å²) in [7, 11) is 0. The molecule has 8 heteroatoms. The van der Waals surface area contributed by atoms with Gasteiger partial charge in [-0.25, -0.2) is 9.96 Å². The molecule has 2 amide bonds. The maximum atomic E-state index is 13.9. The first-order valence-electron chi connectivity index (χ1n) is 13.1.